The lowest BCUT2D eigenvalue weighted by Crippen LogP contribution is -2.61. The van der Waals surface area contributed by atoms with Gasteiger partial charge in [0.25, 0.3) is 0 Å². The molecular weight excluding hydrogens is 236 g/mol. The van der Waals surface area contributed by atoms with Crippen LogP contribution in [-0.4, -0.2) is 49.0 Å². The molecule has 0 aliphatic carbocycles. The number of carbonyl (C=O) groups is 2. The van der Waals surface area contributed by atoms with Crippen LogP contribution in [0.1, 0.15) is 26.1 Å². The van der Waals surface area contributed by atoms with Gasteiger partial charge in [0, 0.05) is 0 Å². The molecule has 0 radical (unpaired) electrons. The summed E-state index contributed by atoms with van der Waals surface area (Å²) in [5, 5.41) is 14.3. The van der Waals surface area contributed by atoms with Gasteiger partial charge >= 0.3 is 0 Å². The number of rotatable bonds is 3. The highest BCUT2D eigenvalue weighted by Gasteiger charge is 2.37. The minimum absolute atomic E-state index is 0.1000. The quantitative estimate of drug-likeness (QED) is 0.732. The van der Waals surface area contributed by atoms with Crippen LogP contribution in [0.3, 0.4) is 0 Å². The Bertz CT molecular complexity index is 471. The van der Waals surface area contributed by atoms with Crippen LogP contribution >= 0.6 is 0 Å². The number of hydrogen-bond acceptors (Lipinski definition) is 5. The topological polar surface area (TPSA) is 93.0 Å². The van der Waals surface area contributed by atoms with Gasteiger partial charge in [0.2, 0.25) is 11.8 Å². The molecule has 18 heavy (non-hydrogen) atoms. The number of nitrogens with zero attached hydrogens (tertiary/aromatic N) is 5. The van der Waals surface area contributed by atoms with Crippen LogP contribution in [0.15, 0.2) is 0 Å². The Morgan fingerprint density at radius 1 is 1.39 bits per heavy atom. The van der Waals surface area contributed by atoms with Crippen molar-refractivity contribution < 1.29 is 9.59 Å². The van der Waals surface area contributed by atoms with Crippen molar-refractivity contribution in [2.24, 2.45) is 7.05 Å². The number of nitrogens with one attached hydrogen (secondary N) is 1. The van der Waals surface area contributed by atoms with Crippen LogP contribution in [0.2, 0.25) is 0 Å². The Morgan fingerprint density at radius 3 is 2.67 bits per heavy atom. The van der Waals surface area contributed by atoms with Crippen LogP contribution in [0.4, 0.5) is 0 Å². The minimum Gasteiger partial charge on any atom is -0.343 e. The lowest BCUT2D eigenvalue weighted by molar-refractivity contribution is -0.149. The normalized spacial score (nSPS) is 24.3. The number of aromatic nitrogens is 4. The zero-order valence-electron chi connectivity index (χ0n) is 10.6. The molecule has 0 bridgehead atoms. The van der Waals surface area contributed by atoms with E-state index in [1.807, 2.05) is 6.92 Å². The van der Waals surface area contributed by atoms with Crippen molar-refractivity contribution in [1.29, 1.82) is 0 Å². The molecule has 1 saturated heterocycles. The average molecular weight is 252 g/mol. The van der Waals surface area contributed by atoms with Gasteiger partial charge in [-0.3, -0.25) is 9.59 Å². The van der Waals surface area contributed by atoms with Crippen molar-refractivity contribution in [2.45, 2.75) is 38.9 Å². The summed E-state index contributed by atoms with van der Waals surface area (Å²) in [7, 11) is 1.65. The van der Waals surface area contributed by atoms with Crippen molar-refractivity contribution in [2.75, 3.05) is 0 Å². The molecule has 1 aromatic rings. The van der Waals surface area contributed by atoms with Gasteiger partial charge in [0.15, 0.2) is 5.82 Å². The van der Waals surface area contributed by atoms with Gasteiger partial charge in [-0.05, 0) is 18.6 Å². The van der Waals surface area contributed by atoms with E-state index in [9.17, 15) is 9.59 Å². The van der Waals surface area contributed by atoms with E-state index in [0.29, 0.717) is 12.2 Å². The lowest BCUT2D eigenvalue weighted by atomic mass is 10.1. The fourth-order valence-corrected chi connectivity index (χ4v) is 1.92. The lowest BCUT2D eigenvalue weighted by Gasteiger charge is -2.36. The third-order valence-corrected chi connectivity index (χ3v) is 3.01. The first-order chi connectivity index (χ1) is 8.52. The van der Waals surface area contributed by atoms with Crippen molar-refractivity contribution in [3.05, 3.63) is 5.82 Å². The van der Waals surface area contributed by atoms with Crippen LogP contribution < -0.4 is 5.32 Å². The first-order valence-electron chi connectivity index (χ1n) is 5.86. The highest BCUT2D eigenvalue weighted by Crippen LogP contribution is 2.13. The third kappa shape index (κ3) is 2.18. The number of tetrazole rings is 1. The zero-order valence-corrected chi connectivity index (χ0v) is 10.6. The molecule has 1 aliphatic rings. The monoisotopic (exact) mass is 252 g/mol. The Labute approximate surface area is 104 Å². The van der Waals surface area contributed by atoms with Crippen molar-refractivity contribution >= 4 is 11.8 Å². The van der Waals surface area contributed by atoms with Crippen molar-refractivity contribution in [1.82, 2.24) is 30.4 Å². The molecule has 2 rings (SSSR count). The summed E-state index contributed by atoms with van der Waals surface area (Å²) in [4.78, 5) is 26.7. The summed E-state index contributed by atoms with van der Waals surface area (Å²) in [5.74, 6) is 0.185. The second-order valence-corrected chi connectivity index (χ2v) is 4.31. The van der Waals surface area contributed by atoms with E-state index in [-0.39, 0.29) is 18.4 Å². The molecule has 1 N–H and O–H groups in total. The molecule has 1 aliphatic heterocycles. The van der Waals surface area contributed by atoms with Gasteiger partial charge in [-0.15, -0.1) is 10.2 Å². The Balaban J connectivity index is 2.17. The molecule has 1 aromatic heterocycles. The molecular formula is C10H16N6O2. The zero-order chi connectivity index (χ0) is 13.3. The Hall–Kier alpha value is -1.99. The maximum atomic E-state index is 12.2. The van der Waals surface area contributed by atoms with Crippen molar-refractivity contribution in [3.8, 4) is 0 Å². The summed E-state index contributed by atoms with van der Waals surface area (Å²) in [5.41, 5.74) is 0. The molecule has 8 nitrogen and oxygen atoms in total. The molecule has 2 amide bonds. The maximum Gasteiger partial charge on any atom is 0.246 e. The molecule has 2 atom stereocenters. The second kappa shape index (κ2) is 4.71. The smallest absolute Gasteiger partial charge is 0.246 e. The Kier molecular flexibility index (Phi) is 3.26. The largest absolute Gasteiger partial charge is 0.343 e. The fourth-order valence-electron chi connectivity index (χ4n) is 1.92. The second-order valence-electron chi connectivity index (χ2n) is 4.31. The van der Waals surface area contributed by atoms with Crippen LogP contribution in [0.5, 0.6) is 0 Å². The average Bonchev–Trinajstić information content (AvgIpc) is 2.75. The van der Waals surface area contributed by atoms with E-state index < -0.39 is 12.1 Å². The van der Waals surface area contributed by atoms with E-state index >= 15 is 0 Å². The number of carbonyl (C=O) groups excluding carboxylic acids is 2. The van der Waals surface area contributed by atoms with Gasteiger partial charge < -0.3 is 10.2 Å². The molecule has 0 saturated carbocycles. The maximum absolute atomic E-state index is 12.2. The third-order valence-electron chi connectivity index (χ3n) is 3.01. The summed E-state index contributed by atoms with van der Waals surface area (Å²) in [6.07, 6.45) is 0.571. The van der Waals surface area contributed by atoms with Gasteiger partial charge in [-0.1, -0.05) is 6.92 Å². The summed E-state index contributed by atoms with van der Waals surface area (Å²) in [6, 6.07) is -0.963. The van der Waals surface area contributed by atoms with Gasteiger partial charge in [-0.25, -0.2) is 0 Å². The molecule has 0 spiro atoms. The molecule has 2 unspecified atom stereocenters. The molecule has 98 valence electrons. The van der Waals surface area contributed by atoms with E-state index in [0.717, 1.165) is 0 Å². The van der Waals surface area contributed by atoms with Gasteiger partial charge in [-0.2, -0.15) is 4.80 Å². The SMILES string of the molecule is CCC1NC(=O)C(C)N(Cc2nnn(C)n2)C1=O. The van der Waals surface area contributed by atoms with Crippen molar-refractivity contribution in [3.63, 3.8) is 0 Å². The van der Waals surface area contributed by atoms with E-state index in [1.165, 1.54) is 9.70 Å². The molecule has 1 fully saturated rings. The first kappa shape index (κ1) is 12.5. The summed E-state index contributed by atoms with van der Waals surface area (Å²) >= 11 is 0. The molecule has 2 heterocycles. The predicted molar refractivity (Wildman–Crippen MR) is 61.0 cm³/mol. The Morgan fingerprint density at radius 2 is 2.11 bits per heavy atom. The van der Waals surface area contributed by atoms with Gasteiger partial charge in [0.05, 0.1) is 13.6 Å². The van der Waals surface area contributed by atoms with E-state index in [4.69, 9.17) is 0 Å². The molecule has 0 aromatic carbocycles. The minimum atomic E-state index is -0.510. The number of amides is 2. The number of aryl methyl sites for hydroxylation is 1. The van der Waals surface area contributed by atoms with Crippen LogP contribution in [0, 0.1) is 0 Å². The summed E-state index contributed by atoms with van der Waals surface area (Å²) in [6.45, 7) is 3.75. The highest BCUT2D eigenvalue weighted by molar-refractivity contribution is 5.96. The first-order valence-corrected chi connectivity index (χ1v) is 5.86. The van der Waals surface area contributed by atoms with Crippen LogP contribution in [-0.2, 0) is 23.2 Å². The fraction of sp³-hybridized carbons (Fsp3) is 0.700. The van der Waals surface area contributed by atoms with E-state index in [2.05, 4.69) is 20.7 Å². The number of piperazine rings is 1. The van der Waals surface area contributed by atoms with E-state index in [1.54, 1.807) is 14.0 Å². The predicted octanol–water partition coefficient (Wildman–Crippen LogP) is -1.16. The van der Waals surface area contributed by atoms with Crippen LogP contribution in [0.25, 0.3) is 0 Å². The van der Waals surface area contributed by atoms with Gasteiger partial charge in [0.1, 0.15) is 12.1 Å². The summed E-state index contributed by atoms with van der Waals surface area (Å²) < 4.78 is 0. The highest BCUT2D eigenvalue weighted by atomic mass is 16.2. The molecule has 8 heteroatoms. The standard InChI is InChI=1S/C10H16N6O2/c1-4-7-10(18)16(6(2)9(17)11-7)5-8-12-14-15(3)13-8/h6-7H,4-5H2,1-3H3,(H,11,17). The number of hydrogen-bond donors (Lipinski definition) is 1.